The van der Waals surface area contributed by atoms with Crippen molar-refractivity contribution in [2.75, 3.05) is 16.2 Å². The van der Waals surface area contributed by atoms with Crippen molar-refractivity contribution in [1.82, 2.24) is 0 Å². The quantitative estimate of drug-likeness (QED) is 0.659. The van der Waals surface area contributed by atoms with Crippen molar-refractivity contribution in [1.29, 1.82) is 0 Å². The summed E-state index contributed by atoms with van der Waals surface area (Å²) in [7, 11) is -7.30. The molecule has 0 amide bonds. The zero-order valence-electron chi connectivity index (χ0n) is 10.7. The van der Waals surface area contributed by atoms with Gasteiger partial charge in [0.25, 0.3) is 0 Å². The lowest BCUT2D eigenvalue weighted by molar-refractivity contribution is 0.0693. The van der Waals surface area contributed by atoms with Crippen LogP contribution in [0.1, 0.15) is 16.8 Å². The predicted octanol–water partition coefficient (Wildman–Crippen LogP) is 0.0192. The molecule has 1 heterocycles. The van der Waals surface area contributed by atoms with E-state index in [0.29, 0.717) is 0 Å². The van der Waals surface area contributed by atoms with Gasteiger partial charge in [-0.25, -0.2) is 21.6 Å². The molecule has 1 fully saturated rings. The highest BCUT2D eigenvalue weighted by atomic mass is 32.2. The van der Waals surface area contributed by atoms with Gasteiger partial charge in [0.05, 0.1) is 16.8 Å². The maximum atomic E-state index is 12.1. The molecular weight excluding hydrogens is 322 g/mol. The van der Waals surface area contributed by atoms with Gasteiger partial charge in [0.2, 0.25) is 10.0 Å². The van der Waals surface area contributed by atoms with Crippen LogP contribution in [0.3, 0.4) is 0 Å². The fraction of sp³-hybridized carbons (Fsp3) is 0.364. The molecule has 2 rings (SSSR count). The number of carbonyl (C=O) groups is 1. The number of sulfone groups is 1. The van der Waals surface area contributed by atoms with Gasteiger partial charge in [0.1, 0.15) is 11.3 Å². The Bertz CT molecular complexity index is 783. The van der Waals surface area contributed by atoms with Gasteiger partial charge in [-0.2, -0.15) is 0 Å². The lowest BCUT2D eigenvalue weighted by atomic mass is 10.2. The molecule has 1 aromatic rings. The van der Waals surface area contributed by atoms with E-state index in [1.807, 2.05) is 0 Å². The Kier molecular flexibility index (Phi) is 3.85. The van der Waals surface area contributed by atoms with Crippen LogP contribution in [0.15, 0.2) is 18.2 Å². The molecule has 3 N–H and O–H groups in total. The monoisotopic (exact) mass is 335 g/mol. The molecule has 1 unspecified atom stereocenters. The van der Waals surface area contributed by atoms with Gasteiger partial charge in [0.15, 0.2) is 9.84 Å². The summed E-state index contributed by atoms with van der Waals surface area (Å²) in [5.74, 6) is -2.54. The third-order valence-corrected chi connectivity index (χ3v) is 6.90. The first-order chi connectivity index (χ1) is 9.61. The zero-order chi connectivity index (χ0) is 15.8. The van der Waals surface area contributed by atoms with Crippen molar-refractivity contribution in [3.63, 3.8) is 0 Å². The molecule has 1 atom stereocenters. The van der Waals surface area contributed by atoms with Crippen molar-refractivity contribution in [3.8, 4) is 5.75 Å². The number of hydrogen-bond donors (Lipinski definition) is 3. The van der Waals surface area contributed by atoms with E-state index in [2.05, 4.69) is 4.72 Å². The van der Waals surface area contributed by atoms with Gasteiger partial charge in [-0.15, -0.1) is 0 Å². The second kappa shape index (κ2) is 5.19. The molecule has 0 aromatic heterocycles. The number of benzene rings is 1. The van der Waals surface area contributed by atoms with Crippen molar-refractivity contribution in [2.24, 2.45) is 0 Å². The number of sulfonamides is 1. The number of aromatic carboxylic acids is 1. The first-order valence-corrected chi connectivity index (χ1v) is 9.26. The number of nitrogens with one attached hydrogen (secondary N) is 1. The van der Waals surface area contributed by atoms with E-state index in [0.717, 1.165) is 12.1 Å². The highest BCUT2D eigenvalue weighted by Gasteiger charge is 2.37. The number of carboxylic acid groups (broad SMARTS) is 1. The van der Waals surface area contributed by atoms with Crippen molar-refractivity contribution in [2.45, 2.75) is 11.7 Å². The van der Waals surface area contributed by atoms with Crippen LogP contribution in [0.5, 0.6) is 5.75 Å². The fourth-order valence-electron chi connectivity index (χ4n) is 2.02. The van der Waals surface area contributed by atoms with Gasteiger partial charge in [-0.1, -0.05) is 0 Å². The summed E-state index contributed by atoms with van der Waals surface area (Å²) < 4.78 is 48.9. The summed E-state index contributed by atoms with van der Waals surface area (Å²) in [6.45, 7) is 0. The molecule has 0 spiro atoms. The van der Waals surface area contributed by atoms with Gasteiger partial charge in [0, 0.05) is 5.69 Å². The fourth-order valence-corrected chi connectivity index (χ4v) is 6.11. The largest absolute Gasteiger partial charge is 0.507 e. The molecule has 1 aliphatic rings. The van der Waals surface area contributed by atoms with E-state index >= 15 is 0 Å². The molecular formula is C11H13NO7S2. The van der Waals surface area contributed by atoms with Crippen LogP contribution in [0.4, 0.5) is 5.69 Å². The molecule has 0 aliphatic carbocycles. The Morgan fingerprint density at radius 2 is 2.00 bits per heavy atom. The second-order valence-electron chi connectivity index (χ2n) is 4.71. The standard InChI is InChI=1S/C11H13NO7S2/c13-10-2-1-7(5-9(10)11(14)15)12-21(18,19)8-3-4-20(16,17)6-8/h1-2,5,8,12-13H,3-4,6H2,(H,14,15). The van der Waals surface area contributed by atoms with E-state index in [-0.39, 0.29) is 17.9 Å². The van der Waals surface area contributed by atoms with Gasteiger partial charge >= 0.3 is 5.97 Å². The van der Waals surface area contributed by atoms with Crippen molar-refractivity contribution >= 4 is 31.5 Å². The topological polar surface area (TPSA) is 138 Å². The molecule has 8 nitrogen and oxygen atoms in total. The molecule has 0 saturated carbocycles. The predicted molar refractivity (Wildman–Crippen MR) is 74.7 cm³/mol. The summed E-state index contributed by atoms with van der Waals surface area (Å²) in [6.07, 6.45) is 0.00153. The molecule has 0 radical (unpaired) electrons. The Balaban J connectivity index is 2.25. The molecule has 1 aliphatic heterocycles. The van der Waals surface area contributed by atoms with E-state index in [9.17, 15) is 26.7 Å². The normalized spacial score (nSPS) is 21.0. The smallest absolute Gasteiger partial charge is 0.339 e. The minimum Gasteiger partial charge on any atom is -0.507 e. The molecule has 21 heavy (non-hydrogen) atoms. The Labute approximate surface area is 121 Å². The Morgan fingerprint density at radius 1 is 1.33 bits per heavy atom. The minimum atomic E-state index is -3.94. The van der Waals surface area contributed by atoms with Gasteiger partial charge in [-0.05, 0) is 24.6 Å². The van der Waals surface area contributed by atoms with Crippen molar-refractivity contribution in [3.05, 3.63) is 23.8 Å². The van der Waals surface area contributed by atoms with E-state index in [4.69, 9.17) is 5.11 Å². The molecule has 10 heteroatoms. The summed E-state index contributed by atoms with van der Waals surface area (Å²) in [4.78, 5) is 10.9. The summed E-state index contributed by atoms with van der Waals surface area (Å²) in [5.41, 5.74) is -0.497. The van der Waals surface area contributed by atoms with Crippen LogP contribution in [0.2, 0.25) is 0 Å². The number of aromatic hydroxyl groups is 1. The first kappa shape index (κ1) is 15.6. The van der Waals surface area contributed by atoms with E-state index in [1.165, 1.54) is 6.07 Å². The summed E-state index contributed by atoms with van der Waals surface area (Å²) in [5, 5.41) is 17.1. The highest BCUT2D eigenvalue weighted by Crippen LogP contribution is 2.25. The molecule has 0 bridgehead atoms. The number of rotatable bonds is 4. The maximum absolute atomic E-state index is 12.1. The van der Waals surface area contributed by atoms with Crippen LogP contribution in [0, 0.1) is 0 Å². The average Bonchev–Trinajstić information content (AvgIpc) is 2.72. The van der Waals surface area contributed by atoms with E-state index < -0.39 is 48.1 Å². The average molecular weight is 335 g/mol. The molecule has 116 valence electrons. The molecule has 1 aromatic carbocycles. The lowest BCUT2D eigenvalue weighted by Gasteiger charge is -2.13. The number of phenols is 1. The van der Waals surface area contributed by atoms with Crippen LogP contribution in [-0.4, -0.2) is 49.8 Å². The minimum absolute atomic E-state index is 0.00153. The van der Waals surface area contributed by atoms with E-state index in [1.54, 1.807) is 0 Å². The third kappa shape index (κ3) is 3.45. The second-order valence-corrected chi connectivity index (χ2v) is 8.90. The zero-order valence-corrected chi connectivity index (χ0v) is 12.3. The van der Waals surface area contributed by atoms with Gasteiger partial charge in [-0.3, -0.25) is 4.72 Å². The van der Waals surface area contributed by atoms with Crippen LogP contribution < -0.4 is 4.72 Å². The molecule has 1 saturated heterocycles. The SMILES string of the molecule is O=C(O)c1cc(NS(=O)(=O)C2CCS(=O)(=O)C2)ccc1O. The Morgan fingerprint density at radius 3 is 2.52 bits per heavy atom. The lowest BCUT2D eigenvalue weighted by Crippen LogP contribution is -2.28. The number of carboxylic acids is 1. The summed E-state index contributed by atoms with van der Waals surface area (Å²) in [6, 6.07) is 3.22. The van der Waals surface area contributed by atoms with Crippen molar-refractivity contribution < 1.29 is 31.8 Å². The van der Waals surface area contributed by atoms with Crippen LogP contribution in [-0.2, 0) is 19.9 Å². The third-order valence-electron chi connectivity index (χ3n) is 3.12. The number of anilines is 1. The summed E-state index contributed by atoms with van der Waals surface area (Å²) >= 11 is 0. The first-order valence-electron chi connectivity index (χ1n) is 5.89. The van der Waals surface area contributed by atoms with Crippen LogP contribution >= 0.6 is 0 Å². The Hall–Kier alpha value is -1.81. The maximum Gasteiger partial charge on any atom is 0.339 e. The van der Waals surface area contributed by atoms with Crippen LogP contribution in [0.25, 0.3) is 0 Å². The van der Waals surface area contributed by atoms with Gasteiger partial charge < -0.3 is 10.2 Å². The number of hydrogen-bond acceptors (Lipinski definition) is 6. The highest BCUT2D eigenvalue weighted by molar-refractivity contribution is 7.97.